The van der Waals surface area contributed by atoms with E-state index in [0.29, 0.717) is 12.8 Å². The van der Waals surface area contributed by atoms with Crippen LogP contribution in [-0.4, -0.2) is 35.1 Å². The molecule has 0 radical (unpaired) electrons. The monoisotopic (exact) mass is 245 g/mol. The first-order valence-electron chi connectivity index (χ1n) is 5.47. The maximum absolute atomic E-state index is 11.3. The second-order valence-corrected chi connectivity index (χ2v) is 3.77. The van der Waals surface area contributed by atoms with Gasteiger partial charge in [0.1, 0.15) is 12.1 Å². The van der Waals surface area contributed by atoms with Crippen LogP contribution >= 0.6 is 0 Å². The molecule has 0 spiro atoms. The van der Waals surface area contributed by atoms with Gasteiger partial charge in [0, 0.05) is 0 Å². The zero-order valence-electron chi connectivity index (χ0n) is 10.0. The molecule has 0 heterocycles. The van der Waals surface area contributed by atoms with Gasteiger partial charge < -0.3 is 21.5 Å². The molecule has 0 aromatic heterocycles. The lowest BCUT2D eigenvalue weighted by molar-refractivity contribution is -0.139. The van der Waals surface area contributed by atoms with E-state index in [1.807, 2.05) is 6.92 Å². The van der Waals surface area contributed by atoms with E-state index in [-0.39, 0.29) is 0 Å². The van der Waals surface area contributed by atoms with Crippen molar-refractivity contribution in [3.63, 3.8) is 0 Å². The molecule has 17 heavy (non-hydrogen) atoms. The lowest BCUT2D eigenvalue weighted by Crippen LogP contribution is -2.51. The van der Waals surface area contributed by atoms with Crippen molar-refractivity contribution in [2.24, 2.45) is 5.73 Å². The molecule has 0 aliphatic carbocycles. The van der Waals surface area contributed by atoms with Gasteiger partial charge in [-0.05, 0) is 13.3 Å². The second kappa shape index (κ2) is 7.48. The molecule has 0 bridgehead atoms. The van der Waals surface area contributed by atoms with Crippen LogP contribution in [0.5, 0.6) is 0 Å². The largest absolute Gasteiger partial charge is 0.480 e. The number of aliphatic carboxylic acids is 1. The Morgan fingerprint density at radius 1 is 1.29 bits per heavy atom. The molecule has 0 aliphatic rings. The molecule has 3 amide bonds. The standard InChI is InChI=1S/C10H19N3O4/c1-3-4-5-7(9(15)16)13-10(17)12-6(2)8(11)14/h6-7H,3-5H2,1-2H3,(H2,11,14)(H,15,16)(H2,12,13,17). The number of carboxylic acids is 1. The third kappa shape index (κ3) is 6.39. The van der Waals surface area contributed by atoms with Gasteiger partial charge in [0.2, 0.25) is 5.91 Å². The van der Waals surface area contributed by atoms with Gasteiger partial charge in [0.05, 0.1) is 0 Å². The Morgan fingerprint density at radius 2 is 1.88 bits per heavy atom. The van der Waals surface area contributed by atoms with Gasteiger partial charge in [-0.2, -0.15) is 0 Å². The van der Waals surface area contributed by atoms with E-state index in [1.54, 1.807) is 0 Å². The number of nitrogens with one attached hydrogen (secondary N) is 2. The van der Waals surface area contributed by atoms with Crippen LogP contribution in [0.2, 0.25) is 0 Å². The molecule has 2 atom stereocenters. The van der Waals surface area contributed by atoms with Gasteiger partial charge >= 0.3 is 12.0 Å². The Morgan fingerprint density at radius 3 is 2.29 bits per heavy atom. The van der Waals surface area contributed by atoms with Gasteiger partial charge in [0.15, 0.2) is 0 Å². The molecule has 0 saturated heterocycles. The maximum Gasteiger partial charge on any atom is 0.326 e. The van der Waals surface area contributed by atoms with E-state index in [0.717, 1.165) is 6.42 Å². The normalized spacial score (nSPS) is 13.5. The summed E-state index contributed by atoms with van der Waals surface area (Å²) >= 11 is 0. The summed E-state index contributed by atoms with van der Waals surface area (Å²) in [5, 5.41) is 13.4. The number of hydrogen-bond donors (Lipinski definition) is 4. The quantitative estimate of drug-likeness (QED) is 0.496. The van der Waals surface area contributed by atoms with Gasteiger partial charge in [-0.15, -0.1) is 0 Å². The Bertz CT molecular complexity index is 293. The third-order valence-corrected chi connectivity index (χ3v) is 2.22. The van der Waals surface area contributed by atoms with Gasteiger partial charge in [-0.1, -0.05) is 19.8 Å². The number of carbonyl (C=O) groups excluding carboxylic acids is 2. The van der Waals surface area contributed by atoms with Gasteiger partial charge in [-0.25, -0.2) is 9.59 Å². The maximum atomic E-state index is 11.3. The van der Waals surface area contributed by atoms with Crippen LogP contribution < -0.4 is 16.4 Å². The molecule has 0 fully saturated rings. The number of urea groups is 1. The van der Waals surface area contributed by atoms with Crippen molar-refractivity contribution in [3.05, 3.63) is 0 Å². The SMILES string of the molecule is CCCCC(NC(=O)NC(C)C(N)=O)C(=O)O. The van der Waals surface area contributed by atoms with Crippen LogP contribution in [0.1, 0.15) is 33.1 Å². The fourth-order valence-corrected chi connectivity index (χ4v) is 1.13. The van der Waals surface area contributed by atoms with Crippen LogP contribution in [0.15, 0.2) is 0 Å². The van der Waals surface area contributed by atoms with Crippen LogP contribution in [-0.2, 0) is 9.59 Å². The van der Waals surface area contributed by atoms with Gasteiger partial charge in [-0.3, -0.25) is 4.79 Å². The van der Waals surface area contributed by atoms with E-state index >= 15 is 0 Å². The van der Waals surface area contributed by atoms with E-state index in [4.69, 9.17) is 10.8 Å². The first-order valence-corrected chi connectivity index (χ1v) is 5.47. The minimum absolute atomic E-state index is 0.351. The number of primary amides is 1. The van der Waals surface area contributed by atoms with Crippen molar-refractivity contribution >= 4 is 17.9 Å². The smallest absolute Gasteiger partial charge is 0.326 e. The lowest BCUT2D eigenvalue weighted by atomic mass is 10.1. The summed E-state index contributed by atoms with van der Waals surface area (Å²) in [5.74, 6) is -1.78. The summed E-state index contributed by atoms with van der Waals surface area (Å²) in [5.41, 5.74) is 4.96. The minimum Gasteiger partial charge on any atom is -0.480 e. The van der Waals surface area contributed by atoms with Crippen LogP contribution in [0.3, 0.4) is 0 Å². The number of unbranched alkanes of at least 4 members (excludes halogenated alkanes) is 1. The third-order valence-electron chi connectivity index (χ3n) is 2.22. The highest BCUT2D eigenvalue weighted by Crippen LogP contribution is 2.00. The average Bonchev–Trinajstić information content (AvgIpc) is 2.23. The molecular formula is C10H19N3O4. The summed E-state index contributed by atoms with van der Waals surface area (Å²) in [4.78, 5) is 32.9. The van der Waals surface area contributed by atoms with E-state index in [1.165, 1.54) is 6.92 Å². The van der Waals surface area contributed by atoms with E-state index < -0.39 is 30.0 Å². The first-order chi connectivity index (χ1) is 7.88. The van der Waals surface area contributed by atoms with Crippen LogP contribution in [0.25, 0.3) is 0 Å². The number of carboxylic acid groups (broad SMARTS) is 1. The number of hydrogen-bond acceptors (Lipinski definition) is 3. The molecule has 5 N–H and O–H groups in total. The second-order valence-electron chi connectivity index (χ2n) is 3.77. The molecule has 7 nitrogen and oxygen atoms in total. The topological polar surface area (TPSA) is 122 Å². The highest BCUT2D eigenvalue weighted by molar-refractivity contribution is 5.87. The lowest BCUT2D eigenvalue weighted by Gasteiger charge is -2.16. The number of rotatable bonds is 7. The molecular weight excluding hydrogens is 226 g/mol. The van der Waals surface area contributed by atoms with Crippen molar-refractivity contribution in [1.29, 1.82) is 0 Å². The molecule has 2 unspecified atom stereocenters. The number of amides is 3. The molecule has 0 aromatic carbocycles. The zero-order chi connectivity index (χ0) is 13.4. The minimum atomic E-state index is -1.10. The van der Waals surface area contributed by atoms with E-state index in [2.05, 4.69) is 10.6 Å². The van der Waals surface area contributed by atoms with Crippen LogP contribution in [0, 0.1) is 0 Å². The average molecular weight is 245 g/mol. The molecule has 0 aliphatic heterocycles. The molecule has 98 valence electrons. The predicted octanol–water partition coefficient (Wildman–Crippen LogP) is -0.197. The van der Waals surface area contributed by atoms with Crippen molar-refractivity contribution < 1.29 is 19.5 Å². The fourth-order valence-electron chi connectivity index (χ4n) is 1.13. The van der Waals surface area contributed by atoms with E-state index in [9.17, 15) is 14.4 Å². The molecule has 0 rings (SSSR count). The summed E-state index contributed by atoms with van der Waals surface area (Å²) in [6.07, 6.45) is 1.89. The fraction of sp³-hybridized carbons (Fsp3) is 0.700. The number of nitrogens with two attached hydrogens (primary N) is 1. The summed E-state index contributed by atoms with van der Waals surface area (Å²) in [6, 6.07) is -2.49. The van der Waals surface area contributed by atoms with Crippen molar-refractivity contribution in [3.8, 4) is 0 Å². The summed E-state index contributed by atoms with van der Waals surface area (Å²) in [6.45, 7) is 3.35. The van der Waals surface area contributed by atoms with Crippen LogP contribution in [0.4, 0.5) is 4.79 Å². The molecule has 7 heteroatoms. The summed E-state index contributed by atoms with van der Waals surface area (Å²) in [7, 11) is 0. The molecule has 0 aromatic rings. The summed E-state index contributed by atoms with van der Waals surface area (Å²) < 4.78 is 0. The molecule has 0 saturated carbocycles. The highest BCUT2D eigenvalue weighted by Gasteiger charge is 2.20. The van der Waals surface area contributed by atoms with Crippen molar-refractivity contribution in [2.45, 2.75) is 45.2 Å². The van der Waals surface area contributed by atoms with Gasteiger partial charge in [0.25, 0.3) is 0 Å². The Balaban J connectivity index is 4.21. The Kier molecular flexibility index (Phi) is 6.69. The number of carbonyl (C=O) groups is 3. The Labute approximate surface area is 99.7 Å². The van der Waals surface area contributed by atoms with Crippen molar-refractivity contribution in [2.75, 3.05) is 0 Å². The Hall–Kier alpha value is -1.79. The highest BCUT2D eigenvalue weighted by atomic mass is 16.4. The predicted molar refractivity (Wildman–Crippen MR) is 61.3 cm³/mol. The van der Waals surface area contributed by atoms with Crippen molar-refractivity contribution in [1.82, 2.24) is 10.6 Å². The zero-order valence-corrected chi connectivity index (χ0v) is 10.0. The first kappa shape index (κ1) is 15.2.